The molecule has 2 aromatic rings. The van der Waals surface area contributed by atoms with Crippen molar-refractivity contribution in [1.82, 2.24) is 0 Å². The van der Waals surface area contributed by atoms with Crippen LogP contribution in [0, 0.1) is 5.92 Å². The zero-order valence-electron chi connectivity index (χ0n) is 13.6. The molecule has 0 saturated carbocycles. The van der Waals surface area contributed by atoms with Crippen LogP contribution in [0.2, 0.25) is 0 Å². The quantitative estimate of drug-likeness (QED) is 0.835. The third-order valence-electron chi connectivity index (χ3n) is 3.55. The Morgan fingerprint density at radius 1 is 0.857 bits per heavy atom. The number of benzene rings is 2. The van der Waals surface area contributed by atoms with E-state index in [9.17, 15) is 0 Å². The Morgan fingerprint density at radius 2 is 1.43 bits per heavy atom. The molecule has 21 heavy (non-hydrogen) atoms. The highest BCUT2D eigenvalue weighted by atomic mass is 15.1. The van der Waals surface area contributed by atoms with E-state index in [1.165, 1.54) is 16.8 Å². The number of rotatable bonds is 6. The summed E-state index contributed by atoms with van der Waals surface area (Å²) < 4.78 is 0. The highest BCUT2D eigenvalue weighted by Crippen LogP contribution is 2.17. The van der Waals surface area contributed by atoms with Crippen molar-refractivity contribution < 1.29 is 0 Å². The smallest absolute Gasteiger partial charge is 0.0400 e. The van der Waals surface area contributed by atoms with Crippen LogP contribution in [0.15, 0.2) is 48.5 Å². The molecule has 112 valence electrons. The van der Waals surface area contributed by atoms with E-state index in [4.69, 9.17) is 0 Å². The van der Waals surface area contributed by atoms with Crippen molar-refractivity contribution >= 4 is 11.4 Å². The highest BCUT2D eigenvalue weighted by molar-refractivity contribution is 5.54. The number of hydrogen-bond acceptors (Lipinski definition) is 2. The second-order valence-electron chi connectivity index (χ2n) is 6.21. The van der Waals surface area contributed by atoms with Crippen LogP contribution >= 0.6 is 0 Å². The molecule has 0 aliphatic rings. The third-order valence-corrected chi connectivity index (χ3v) is 3.55. The minimum absolute atomic E-state index is 0.712. The summed E-state index contributed by atoms with van der Waals surface area (Å²) in [4.78, 5) is 2.11. The molecule has 0 heterocycles. The van der Waals surface area contributed by atoms with Crippen LogP contribution in [0.5, 0.6) is 0 Å². The standard InChI is InChI=1S/C19H26N2/c1-15(2)13-16-5-7-17(8-6-16)14-20-18-9-11-19(12-10-18)21(3)4/h5-12,15,20H,13-14H2,1-4H3. The lowest BCUT2D eigenvalue weighted by molar-refractivity contribution is 0.647. The van der Waals surface area contributed by atoms with Gasteiger partial charge in [-0.15, -0.1) is 0 Å². The summed E-state index contributed by atoms with van der Waals surface area (Å²) in [6.07, 6.45) is 1.15. The average molecular weight is 282 g/mol. The van der Waals surface area contributed by atoms with Crippen molar-refractivity contribution in [2.24, 2.45) is 5.92 Å². The first kappa shape index (κ1) is 15.4. The molecule has 2 aromatic carbocycles. The Kier molecular flexibility index (Phi) is 5.26. The normalized spacial score (nSPS) is 10.7. The number of nitrogens with zero attached hydrogens (tertiary/aromatic N) is 1. The fraction of sp³-hybridized carbons (Fsp3) is 0.368. The molecule has 0 spiro atoms. The summed E-state index contributed by atoms with van der Waals surface area (Å²) >= 11 is 0. The molecule has 1 N–H and O–H groups in total. The Hall–Kier alpha value is -1.96. The van der Waals surface area contributed by atoms with Gasteiger partial charge in [0.15, 0.2) is 0 Å². The van der Waals surface area contributed by atoms with E-state index in [1.807, 2.05) is 0 Å². The van der Waals surface area contributed by atoms with E-state index >= 15 is 0 Å². The van der Waals surface area contributed by atoms with E-state index in [-0.39, 0.29) is 0 Å². The molecule has 2 rings (SSSR count). The highest BCUT2D eigenvalue weighted by Gasteiger charge is 1.99. The molecule has 0 saturated heterocycles. The van der Waals surface area contributed by atoms with Gasteiger partial charge in [0.2, 0.25) is 0 Å². The SMILES string of the molecule is CC(C)Cc1ccc(CNc2ccc(N(C)C)cc2)cc1. The second-order valence-corrected chi connectivity index (χ2v) is 6.21. The van der Waals surface area contributed by atoms with Gasteiger partial charge in [-0.1, -0.05) is 38.1 Å². The van der Waals surface area contributed by atoms with Crippen molar-refractivity contribution in [2.75, 3.05) is 24.3 Å². The number of anilines is 2. The van der Waals surface area contributed by atoms with Crippen LogP contribution in [0.25, 0.3) is 0 Å². The molecule has 0 unspecified atom stereocenters. The molecule has 0 aromatic heterocycles. The van der Waals surface area contributed by atoms with E-state index < -0.39 is 0 Å². The predicted octanol–water partition coefficient (Wildman–Crippen LogP) is 4.56. The van der Waals surface area contributed by atoms with Crippen LogP contribution in [-0.4, -0.2) is 14.1 Å². The van der Waals surface area contributed by atoms with Crippen LogP contribution in [0.1, 0.15) is 25.0 Å². The lowest BCUT2D eigenvalue weighted by atomic mass is 10.0. The minimum atomic E-state index is 0.712. The van der Waals surface area contributed by atoms with E-state index in [0.717, 1.165) is 18.7 Å². The summed E-state index contributed by atoms with van der Waals surface area (Å²) in [7, 11) is 4.11. The fourth-order valence-electron chi connectivity index (χ4n) is 2.35. The first-order chi connectivity index (χ1) is 10.0. The van der Waals surface area contributed by atoms with Crippen LogP contribution in [0.4, 0.5) is 11.4 Å². The van der Waals surface area contributed by atoms with E-state index in [2.05, 4.69) is 86.7 Å². The van der Waals surface area contributed by atoms with Gasteiger partial charge in [0, 0.05) is 32.0 Å². The predicted molar refractivity (Wildman–Crippen MR) is 93.1 cm³/mol. The first-order valence-corrected chi connectivity index (χ1v) is 7.63. The molecule has 0 atom stereocenters. The molecular formula is C19H26N2. The molecule has 0 fully saturated rings. The Labute approximate surface area is 128 Å². The van der Waals surface area contributed by atoms with Crippen molar-refractivity contribution in [2.45, 2.75) is 26.8 Å². The first-order valence-electron chi connectivity index (χ1n) is 7.63. The Bertz CT molecular complexity index is 539. The zero-order valence-corrected chi connectivity index (χ0v) is 13.6. The maximum absolute atomic E-state index is 3.47. The van der Waals surface area contributed by atoms with Crippen molar-refractivity contribution in [3.8, 4) is 0 Å². The summed E-state index contributed by atoms with van der Waals surface area (Å²) in [5, 5.41) is 3.47. The third kappa shape index (κ3) is 4.82. The van der Waals surface area contributed by atoms with Crippen LogP contribution in [0.3, 0.4) is 0 Å². The zero-order chi connectivity index (χ0) is 15.2. The molecule has 2 nitrogen and oxygen atoms in total. The van der Waals surface area contributed by atoms with Crippen molar-refractivity contribution in [3.05, 3.63) is 59.7 Å². The van der Waals surface area contributed by atoms with Gasteiger partial charge in [-0.25, -0.2) is 0 Å². The molecule has 2 heteroatoms. The summed E-state index contributed by atoms with van der Waals surface area (Å²) in [6, 6.07) is 17.4. The van der Waals surface area contributed by atoms with Gasteiger partial charge in [0.25, 0.3) is 0 Å². The second kappa shape index (κ2) is 7.16. The maximum atomic E-state index is 3.47. The molecule has 0 bridgehead atoms. The molecule has 0 radical (unpaired) electrons. The molecule has 0 aliphatic carbocycles. The maximum Gasteiger partial charge on any atom is 0.0400 e. The van der Waals surface area contributed by atoms with E-state index in [0.29, 0.717) is 5.92 Å². The fourth-order valence-corrected chi connectivity index (χ4v) is 2.35. The number of nitrogens with one attached hydrogen (secondary N) is 1. The molecule has 0 amide bonds. The monoisotopic (exact) mass is 282 g/mol. The lowest BCUT2D eigenvalue weighted by Gasteiger charge is -2.13. The van der Waals surface area contributed by atoms with Gasteiger partial charge in [-0.2, -0.15) is 0 Å². The number of hydrogen-bond donors (Lipinski definition) is 1. The topological polar surface area (TPSA) is 15.3 Å². The average Bonchev–Trinajstić information content (AvgIpc) is 2.46. The van der Waals surface area contributed by atoms with Gasteiger partial charge in [-0.05, 0) is 47.7 Å². The van der Waals surface area contributed by atoms with Gasteiger partial charge < -0.3 is 10.2 Å². The van der Waals surface area contributed by atoms with E-state index in [1.54, 1.807) is 0 Å². The van der Waals surface area contributed by atoms with Crippen LogP contribution in [-0.2, 0) is 13.0 Å². The van der Waals surface area contributed by atoms with Gasteiger partial charge in [0.05, 0.1) is 0 Å². The summed E-state index contributed by atoms with van der Waals surface area (Å²) in [5.74, 6) is 0.712. The van der Waals surface area contributed by atoms with Crippen molar-refractivity contribution in [3.63, 3.8) is 0 Å². The van der Waals surface area contributed by atoms with Gasteiger partial charge >= 0.3 is 0 Å². The molecular weight excluding hydrogens is 256 g/mol. The lowest BCUT2D eigenvalue weighted by Crippen LogP contribution is -2.08. The van der Waals surface area contributed by atoms with Crippen LogP contribution < -0.4 is 10.2 Å². The Morgan fingerprint density at radius 3 is 1.95 bits per heavy atom. The Balaban J connectivity index is 1.90. The van der Waals surface area contributed by atoms with Gasteiger partial charge in [0.1, 0.15) is 0 Å². The molecule has 0 aliphatic heterocycles. The summed E-state index contributed by atoms with van der Waals surface area (Å²) in [6.45, 7) is 5.38. The van der Waals surface area contributed by atoms with Crippen molar-refractivity contribution in [1.29, 1.82) is 0 Å². The minimum Gasteiger partial charge on any atom is -0.381 e. The summed E-state index contributed by atoms with van der Waals surface area (Å²) in [5.41, 5.74) is 5.12. The largest absolute Gasteiger partial charge is 0.381 e. The van der Waals surface area contributed by atoms with Gasteiger partial charge in [-0.3, -0.25) is 0 Å².